The molecule has 3 aromatic heterocycles. The molecule has 1 aliphatic heterocycles. The summed E-state index contributed by atoms with van der Waals surface area (Å²) in [7, 11) is 3.58. The van der Waals surface area contributed by atoms with Gasteiger partial charge in [-0.1, -0.05) is 30.3 Å². The second kappa shape index (κ2) is 14.4. The summed E-state index contributed by atoms with van der Waals surface area (Å²) in [5, 5.41) is 20.6. The molecule has 0 radical (unpaired) electrons. The number of hydrogen-bond acceptors (Lipinski definition) is 9. The van der Waals surface area contributed by atoms with Crippen molar-refractivity contribution in [2.75, 3.05) is 35.4 Å². The van der Waals surface area contributed by atoms with Gasteiger partial charge in [0, 0.05) is 62.9 Å². The Bertz CT molecular complexity index is 1640. The van der Waals surface area contributed by atoms with Crippen molar-refractivity contribution in [3.63, 3.8) is 0 Å². The van der Waals surface area contributed by atoms with Crippen LogP contribution in [0.25, 0.3) is 11.1 Å². The largest absolute Gasteiger partial charge is 0.383 e. The van der Waals surface area contributed by atoms with Gasteiger partial charge in [-0.2, -0.15) is 15.3 Å². The van der Waals surface area contributed by atoms with Crippen molar-refractivity contribution in [3.8, 4) is 17.2 Å². The summed E-state index contributed by atoms with van der Waals surface area (Å²) >= 11 is 0. The molecule has 0 unspecified atom stereocenters. The number of benzene rings is 1. The lowest BCUT2D eigenvalue weighted by Gasteiger charge is -2.36. The first-order valence-corrected chi connectivity index (χ1v) is 15.9. The van der Waals surface area contributed by atoms with Crippen LogP contribution in [0.2, 0.25) is 0 Å². The monoisotopic (exact) mass is 620 g/mol. The summed E-state index contributed by atoms with van der Waals surface area (Å²) < 4.78 is 7.18. The second-order valence-corrected chi connectivity index (χ2v) is 12.0. The minimum atomic E-state index is -0.168. The lowest BCUT2D eigenvalue weighted by atomic mass is 9.90. The molecular formula is C34H40N10O2. The van der Waals surface area contributed by atoms with Gasteiger partial charge in [-0.25, -0.2) is 14.8 Å². The third kappa shape index (κ3) is 7.10. The quantitative estimate of drug-likeness (QED) is 0.254. The molecule has 4 aromatic rings. The maximum absolute atomic E-state index is 13.7. The number of anilines is 3. The van der Waals surface area contributed by atoms with E-state index < -0.39 is 0 Å². The molecule has 2 amide bonds. The van der Waals surface area contributed by atoms with Crippen LogP contribution in [0.1, 0.15) is 49.7 Å². The Labute approximate surface area is 269 Å². The molecule has 2 fully saturated rings. The fourth-order valence-corrected chi connectivity index (χ4v) is 6.47. The Hall–Kier alpha value is -5.02. The molecule has 1 aromatic carbocycles. The van der Waals surface area contributed by atoms with Crippen molar-refractivity contribution in [3.05, 3.63) is 78.4 Å². The number of methoxy groups -OCH3 is 1. The van der Waals surface area contributed by atoms with E-state index in [2.05, 4.69) is 31.7 Å². The highest BCUT2D eigenvalue weighted by atomic mass is 16.5. The fraction of sp³-hybridized carbons (Fsp3) is 0.412. The first-order valence-electron chi connectivity index (χ1n) is 15.9. The maximum atomic E-state index is 13.7. The van der Waals surface area contributed by atoms with Gasteiger partial charge < -0.3 is 20.3 Å². The van der Waals surface area contributed by atoms with Gasteiger partial charge in [0.25, 0.3) is 0 Å². The number of pyridine rings is 1. The Balaban J connectivity index is 1.15. The molecule has 238 valence electrons. The Morgan fingerprint density at radius 2 is 1.87 bits per heavy atom. The smallest absolute Gasteiger partial charge is 0.323 e. The highest BCUT2D eigenvalue weighted by Gasteiger charge is 2.32. The molecule has 12 heteroatoms. The summed E-state index contributed by atoms with van der Waals surface area (Å²) in [6.07, 6.45) is 12.4. The number of rotatable bonds is 10. The van der Waals surface area contributed by atoms with Crippen molar-refractivity contribution < 1.29 is 9.53 Å². The Kier molecular flexibility index (Phi) is 9.69. The molecule has 12 nitrogen and oxygen atoms in total. The molecule has 6 rings (SSSR count). The molecule has 1 atom stereocenters. The molecule has 1 aliphatic carbocycles. The number of hydrogen-bond donors (Lipinski definition) is 2. The van der Waals surface area contributed by atoms with Crippen LogP contribution in [0.5, 0.6) is 0 Å². The van der Waals surface area contributed by atoms with E-state index in [-0.39, 0.29) is 24.2 Å². The number of amides is 2. The van der Waals surface area contributed by atoms with Crippen molar-refractivity contribution >= 4 is 23.6 Å². The van der Waals surface area contributed by atoms with Crippen molar-refractivity contribution in [2.45, 2.75) is 63.2 Å². The summed E-state index contributed by atoms with van der Waals surface area (Å²) in [5.74, 6) is 1.80. The number of nitrogens with one attached hydrogen (secondary N) is 2. The van der Waals surface area contributed by atoms with E-state index in [0.29, 0.717) is 36.3 Å². The number of nitrogens with zero attached hydrogens (tertiary/aromatic N) is 8. The third-order valence-electron chi connectivity index (χ3n) is 8.83. The zero-order valence-corrected chi connectivity index (χ0v) is 26.3. The second-order valence-electron chi connectivity index (χ2n) is 12.0. The van der Waals surface area contributed by atoms with Crippen LogP contribution in [0.3, 0.4) is 0 Å². The highest BCUT2D eigenvalue weighted by molar-refractivity contribution is 5.91. The zero-order chi connectivity index (χ0) is 31.9. The minimum absolute atomic E-state index is 0.0255. The highest BCUT2D eigenvalue weighted by Crippen LogP contribution is 2.31. The number of carbonyl (C=O) groups is 1. The lowest BCUT2D eigenvalue weighted by Crippen LogP contribution is -2.49. The first-order chi connectivity index (χ1) is 22.5. The van der Waals surface area contributed by atoms with Gasteiger partial charge in [-0.3, -0.25) is 9.58 Å². The van der Waals surface area contributed by atoms with Crippen molar-refractivity contribution in [1.29, 1.82) is 5.26 Å². The molecule has 46 heavy (non-hydrogen) atoms. The van der Waals surface area contributed by atoms with Gasteiger partial charge in [0.05, 0.1) is 25.0 Å². The van der Waals surface area contributed by atoms with Gasteiger partial charge in [-0.15, -0.1) is 0 Å². The third-order valence-corrected chi connectivity index (χ3v) is 8.83. The molecule has 2 N–H and O–H groups in total. The van der Waals surface area contributed by atoms with Gasteiger partial charge >= 0.3 is 6.03 Å². The zero-order valence-electron chi connectivity index (χ0n) is 26.3. The van der Waals surface area contributed by atoms with Crippen LogP contribution in [-0.2, 0) is 18.3 Å². The van der Waals surface area contributed by atoms with Gasteiger partial charge in [0.1, 0.15) is 17.5 Å². The van der Waals surface area contributed by atoms with E-state index in [9.17, 15) is 10.1 Å². The van der Waals surface area contributed by atoms with E-state index in [1.807, 2.05) is 60.6 Å². The summed E-state index contributed by atoms with van der Waals surface area (Å²) in [4.78, 5) is 31.7. The van der Waals surface area contributed by atoms with Crippen LogP contribution in [-0.4, -0.2) is 69.2 Å². The minimum Gasteiger partial charge on any atom is -0.383 e. The summed E-state index contributed by atoms with van der Waals surface area (Å²) in [6.45, 7) is 1.86. The predicted octanol–water partition coefficient (Wildman–Crippen LogP) is 4.90. The van der Waals surface area contributed by atoms with Crippen LogP contribution >= 0.6 is 0 Å². The van der Waals surface area contributed by atoms with E-state index in [1.165, 1.54) is 0 Å². The van der Waals surface area contributed by atoms with Gasteiger partial charge in [0.2, 0.25) is 5.95 Å². The molecule has 0 bridgehead atoms. The molecular weight excluding hydrogens is 580 g/mol. The van der Waals surface area contributed by atoms with Gasteiger partial charge in [0.15, 0.2) is 5.82 Å². The Morgan fingerprint density at radius 3 is 2.57 bits per heavy atom. The Morgan fingerprint density at radius 1 is 1.04 bits per heavy atom. The standard InChI is InChI=1S/C34H40N10O2/c1-42-22-27(21-39-42)25-10-15-31(36-19-25)44(34(45)38-18-24-7-4-3-5-8-24)29-13-11-28(12-14-29)40-33-37-20-26(17-35)32(41-33)43-16-6-9-30(43)23-46-2/h3-5,7-8,10,15,19-22,28-30H,6,9,11-14,16,18,23H2,1-2H3,(H,38,45)(H,37,40,41)/t28?,29?,30-/m1/s1. The van der Waals surface area contributed by atoms with E-state index in [0.717, 1.165) is 61.8 Å². The normalized spacial score (nSPS) is 19.4. The number of aryl methyl sites for hydroxylation is 1. The molecule has 1 saturated heterocycles. The molecule has 0 spiro atoms. The maximum Gasteiger partial charge on any atom is 0.323 e. The van der Waals surface area contributed by atoms with Crippen LogP contribution < -0.4 is 20.4 Å². The van der Waals surface area contributed by atoms with E-state index >= 15 is 0 Å². The predicted molar refractivity (Wildman–Crippen MR) is 176 cm³/mol. The van der Waals surface area contributed by atoms with E-state index in [1.54, 1.807) is 30.4 Å². The van der Waals surface area contributed by atoms with E-state index in [4.69, 9.17) is 14.7 Å². The van der Waals surface area contributed by atoms with Crippen LogP contribution in [0.15, 0.2) is 67.3 Å². The fourth-order valence-electron chi connectivity index (χ4n) is 6.47. The molecule has 1 saturated carbocycles. The SMILES string of the molecule is COC[C@H]1CCCN1c1nc(NC2CCC(N(C(=O)NCc3ccccc3)c3ccc(-c4cnn(C)c4)cn3)CC2)ncc1C#N. The van der Waals surface area contributed by atoms with Crippen molar-refractivity contribution in [1.82, 2.24) is 30.0 Å². The van der Waals surface area contributed by atoms with Gasteiger partial charge in [-0.05, 0) is 56.2 Å². The molecule has 2 aliphatic rings. The number of aromatic nitrogens is 5. The number of carbonyl (C=O) groups excluding carboxylic acids is 1. The van der Waals surface area contributed by atoms with Crippen LogP contribution in [0, 0.1) is 11.3 Å². The summed E-state index contributed by atoms with van der Waals surface area (Å²) in [5.41, 5.74) is 3.42. The number of nitriles is 1. The number of urea groups is 1. The average Bonchev–Trinajstić information content (AvgIpc) is 3.74. The van der Waals surface area contributed by atoms with Crippen LogP contribution in [0.4, 0.5) is 22.4 Å². The molecule has 4 heterocycles. The summed E-state index contributed by atoms with van der Waals surface area (Å²) in [6, 6.07) is 16.2. The first kappa shape index (κ1) is 31.0. The van der Waals surface area contributed by atoms with Crippen molar-refractivity contribution in [2.24, 2.45) is 7.05 Å². The lowest BCUT2D eigenvalue weighted by molar-refractivity contribution is 0.180. The topological polar surface area (TPSA) is 137 Å². The number of ether oxygens (including phenoxy) is 1. The average molecular weight is 621 g/mol.